The van der Waals surface area contributed by atoms with E-state index in [0.717, 1.165) is 6.07 Å². The van der Waals surface area contributed by atoms with E-state index in [0.29, 0.717) is 89.0 Å². The van der Waals surface area contributed by atoms with E-state index >= 15 is 0 Å². The number of hydrogen-bond donors (Lipinski definition) is 2. The van der Waals surface area contributed by atoms with Crippen LogP contribution in [-0.2, 0) is 6.18 Å². The van der Waals surface area contributed by atoms with Crippen LogP contribution in [0.15, 0.2) is 92.9 Å². The van der Waals surface area contributed by atoms with Gasteiger partial charge in [-0.3, -0.25) is 14.5 Å². The number of rotatable bonds is 5. The van der Waals surface area contributed by atoms with Crippen LogP contribution in [0.2, 0.25) is 0 Å². The Morgan fingerprint density at radius 1 is 0.791 bits per heavy atom. The number of benzene rings is 5. The Balaban J connectivity index is 1.17. The number of hydrogen-bond acceptors (Lipinski definition) is 6. The van der Waals surface area contributed by atoms with Crippen molar-refractivity contribution < 1.29 is 17.6 Å². The van der Waals surface area contributed by atoms with Gasteiger partial charge in [0.05, 0.1) is 33.1 Å². The highest BCUT2D eigenvalue weighted by Gasteiger charge is 2.31. The van der Waals surface area contributed by atoms with Crippen molar-refractivity contribution in [2.75, 3.05) is 49.5 Å². The summed E-state index contributed by atoms with van der Waals surface area (Å²) < 4.78 is 45.7. The zero-order valence-electron chi connectivity index (χ0n) is 23.0. The molecule has 5 aromatic carbocycles. The summed E-state index contributed by atoms with van der Waals surface area (Å²) in [7, 11) is 0. The molecule has 0 unspecified atom stereocenters. The van der Waals surface area contributed by atoms with Crippen LogP contribution in [0.5, 0.6) is 0 Å². The topological polar surface area (TPSA) is 81.6 Å². The number of piperazine rings is 1. The van der Waals surface area contributed by atoms with E-state index in [4.69, 9.17) is 4.42 Å². The molecule has 7 nitrogen and oxygen atoms in total. The summed E-state index contributed by atoms with van der Waals surface area (Å²) in [5.74, 6) is 0. The zero-order valence-corrected chi connectivity index (χ0v) is 23.0. The molecule has 10 heteroatoms. The average molecular weight is 585 g/mol. The molecule has 1 aromatic heterocycles. The summed E-state index contributed by atoms with van der Waals surface area (Å²) in [5.41, 5.74) is 2.21. The molecule has 2 N–H and O–H groups in total. The van der Waals surface area contributed by atoms with Crippen molar-refractivity contribution >= 4 is 55.1 Å². The molecule has 0 radical (unpaired) electrons. The van der Waals surface area contributed by atoms with Crippen LogP contribution in [0.25, 0.3) is 43.7 Å². The van der Waals surface area contributed by atoms with Gasteiger partial charge in [-0.05, 0) is 30.3 Å². The first-order valence-electron chi connectivity index (χ1n) is 14.1. The van der Waals surface area contributed by atoms with Gasteiger partial charge in [-0.2, -0.15) is 13.2 Å². The Morgan fingerprint density at radius 3 is 2.23 bits per heavy atom. The molecule has 0 aliphatic carbocycles. The number of nitrogens with zero attached hydrogens (tertiary/aromatic N) is 2. The third-order valence-corrected chi connectivity index (χ3v) is 8.18. The number of alkyl halides is 3. The van der Waals surface area contributed by atoms with Crippen LogP contribution in [0.4, 0.5) is 24.5 Å². The molecule has 7 rings (SSSR count). The summed E-state index contributed by atoms with van der Waals surface area (Å²) in [4.78, 5) is 35.1. The summed E-state index contributed by atoms with van der Waals surface area (Å²) >= 11 is 0. The molecule has 218 valence electrons. The summed E-state index contributed by atoms with van der Waals surface area (Å²) in [6.45, 7) is 3.67. The molecule has 0 amide bonds. The Kier molecular flexibility index (Phi) is 6.58. The number of nitrogens with one attached hydrogen (secondary N) is 2. The number of para-hydroxylation sites is 2. The minimum atomic E-state index is -4.38. The fourth-order valence-electron chi connectivity index (χ4n) is 5.98. The second kappa shape index (κ2) is 10.5. The van der Waals surface area contributed by atoms with Crippen LogP contribution in [0.3, 0.4) is 0 Å². The first-order chi connectivity index (χ1) is 20.8. The van der Waals surface area contributed by atoms with Crippen molar-refractivity contribution in [3.05, 3.63) is 105 Å². The van der Waals surface area contributed by atoms with Crippen LogP contribution in [0.1, 0.15) is 5.56 Å². The molecule has 1 saturated heterocycles. The van der Waals surface area contributed by atoms with E-state index in [2.05, 4.69) is 15.2 Å². The average Bonchev–Trinajstić information content (AvgIpc) is 3.02. The third-order valence-electron chi connectivity index (χ3n) is 8.18. The van der Waals surface area contributed by atoms with Gasteiger partial charge in [0.25, 0.3) is 0 Å². The maximum absolute atomic E-state index is 13.8. The standard InChI is InChI=1S/C33H27F3N4O3/c34-33(35,36)20-6-5-7-21(18-20)40-16-14-39(15-17-40)13-12-37-25-19-27-30(38-24-10-3-4-11-26(24)43-27)29-28(25)31(41)22-8-1-2-9-23(22)32(29)42/h1-11,18-19,37-38H,12-17H2. The minimum Gasteiger partial charge on any atom is -0.453 e. The molecule has 1 aliphatic rings. The number of fused-ring (bicyclic) bond motifs is 5. The lowest BCUT2D eigenvalue weighted by Crippen LogP contribution is -2.47. The second-order valence-corrected chi connectivity index (χ2v) is 10.8. The van der Waals surface area contributed by atoms with Crippen molar-refractivity contribution in [2.45, 2.75) is 6.18 Å². The van der Waals surface area contributed by atoms with Crippen molar-refractivity contribution in [1.29, 1.82) is 0 Å². The van der Waals surface area contributed by atoms with Crippen LogP contribution >= 0.6 is 0 Å². The molecule has 0 spiro atoms. The van der Waals surface area contributed by atoms with E-state index < -0.39 is 11.7 Å². The minimum absolute atomic E-state index is 0.231. The monoisotopic (exact) mass is 584 g/mol. The van der Waals surface area contributed by atoms with Gasteiger partial charge in [-0.15, -0.1) is 0 Å². The van der Waals surface area contributed by atoms with E-state index in [1.165, 1.54) is 12.1 Å². The fraction of sp³-hybridized carbons (Fsp3) is 0.212. The van der Waals surface area contributed by atoms with E-state index in [1.807, 2.05) is 29.2 Å². The van der Waals surface area contributed by atoms with Gasteiger partial charge in [0.2, 0.25) is 0 Å². The molecule has 1 fully saturated rings. The predicted octanol–water partition coefficient (Wildman–Crippen LogP) is 6.19. The highest BCUT2D eigenvalue weighted by molar-refractivity contribution is 6.14. The van der Waals surface area contributed by atoms with Gasteiger partial charge >= 0.3 is 6.18 Å². The maximum atomic E-state index is 13.8. The molecule has 0 atom stereocenters. The third kappa shape index (κ3) is 4.87. The van der Waals surface area contributed by atoms with Crippen molar-refractivity contribution in [2.24, 2.45) is 0 Å². The fourth-order valence-corrected chi connectivity index (χ4v) is 5.98. The van der Waals surface area contributed by atoms with Gasteiger partial charge in [-0.25, -0.2) is 0 Å². The lowest BCUT2D eigenvalue weighted by molar-refractivity contribution is -0.137. The maximum Gasteiger partial charge on any atom is 0.416 e. The Bertz CT molecular complexity index is 2130. The van der Waals surface area contributed by atoms with Crippen molar-refractivity contribution in [1.82, 2.24) is 9.88 Å². The highest BCUT2D eigenvalue weighted by atomic mass is 19.4. The summed E-state index contributed by atoms with van der Waals surface area (Å²) in [5, 5.41) is 4.71. The number of aromatic nitrogens is 1. The van der Waals surface area contributed by atoms with Crippen LogP contribution in [-0.4, -0.2) is 49.2 Å². The normalized spacial score (nSPS) is 14.7. The molecule has 6 aromatic rings. The number of aromatic amines is 1. The number of H-pyrrole nitrogens is 1. The Morgan fingerprint density at radius 2 is 1.49 bits per heavy atom. The molecule has 0 bridgehead atoms. The van der Waals surface area contributed by atoms with Crippen molar-refractivity contribution in [3.63, 3.8) is 0 Å². The summed E-state index contributed by atoms with van der Waals surface area (Å²) in [6.07, 6.45) is -4.38. The predicted molar refractivity (Wildman–Crippen MR) is 164 cm³/mol. The van der Waals surface area contributed by atoms with E-state index in [-0.39, 0.29) is 16.2 Å². The van der Waals surface area contributed by atoms with Gasteiger partial charge in [0.15, 0.2) is 22.0 Å². The van der Waals surface area contributed by atoms with Gasteiger partial charge in [-0.1, -0.05) is 42.5 Å². The molecule has 1 aliphatic heterocycles. The van der Waals surface area contributed by atoms with Crippen LogP contribution in [0, 0.1) is 0 Å². The molecular formula is C33H27F3N4O3. The largest absolute Gasteiger partial charge is 0.453 e. The SMILES string of the molecule is O=c1c2ccccc2c(=O)c2c1c(NCCN1CCN(c3cccc(C(F)(F)F)c3)CC1)cc1oc3ccccc3[nH]c12. The highest BCUT2D eigenvalue weighted by Crippen LogP contribution is 2.33. The Labute approximate surface area is 243 Å². The Hall–Kier alpha value is -4.83. The zero-order chi connectivity index (χ0) is 29.7. The second-order valence-electron chi connectivity index (χ2n) is 10.8. The number of halogens is 3. The molecule has 2 heterocycles. The lowest BCUT2D eigenvalue weighted by Gasteiger charge is -2.36. The quantitative estimate of drug-likeness (QED) is 0.186. The van der Waals surface area contributed by atoms with Gasteiger partial charge in [0, 0.05) is 61.8 Å². The summed E-state index contributed by atoms with van der Waals surface area (Å²) in [6, 6.07) is 21.4. The molecular weight excluding hydrogens is 557 g/mol. The smallest absolute Gasteiger partial charge is 0.416 e. The molecule has 43 heavy (non-hydrogen) atoms. The van der Waals surface area contributed by atoms with E-state index in [9.17, 15) is 22.8 Å². The lowest BCUT2D eigenvalue weighted by atomic mass is 9.99. The first-order valence-corrected chi connectivity index (χ1v) is 14.1. The van der Waals surface area contributed by atoms with E-state index in [1.54, 1.807) is 36.4 Å². The molecule has 0 saturated carbocycles. The first kappa shape index (κ1) is 27.0. The number of anilines is 2. The van der Waals surface area contributed by atoms with Gasteiger partial charge < -0.3 is 19.6 Å². The van der Waals surface area contributed by atoms with Crippen LogP contribution < -0.4 is 21.1 Å². The van der Waals surface area contributed by atoms with Gasteiger partial charge in [0.1, 0.15) is 0 Å². The van der Waals surface area contributed by atoms with Crippen molar-refractivity contribution in [3.8, 4) is 0 Å².